The van der Waals surface area contributed by atoms with Gasteiger partial charge in [-0.1, -0.05) is 6.07 Å². The van der Waals surface area contributed by atoms with Crippen LogP contribution in [-0.4, -0.2) is 0 Å². The predicted octanol–water partition coefficient (Wildman–Crippen LogP) is 4.17. The van der Waals surface area contributed by atoms with Crippen LogP contribution in [0.4, 0.5) is 34.6 Å². The summed E-state index contributed by atoms with van der Waals surface area (Å²) in [6.45, 7) is 0. The number of hydrogen-bond donors (Lipinski definition) is 2. The van der Waals surface area contributed by atoms with Crippen molar-refractivity contribution in [2.75, 3.05) is 11.1 Å². The second-order valence-corrected chi connectivity index (χ2v) is 3.94. The zero-order valence-electron chi connectivity index (χ0n) is 9.63. The Kier molecular flexibility index (Phi) is 3.33. The first kappa shape index (κ1) is 13.2. The number of alkyl halides is 3. The third-order valence-corrected chi connectivity index (χ3v) is 2.46. The normalized spacial score (nSPS) is 11.4. The largest absolute Gasteiger partial charge is 0.416 e. The van der Waals surface area contributed by atoms with Crippen LogP contribution in [0.5, 0.6) is 0 Å². The van der Waals surface area contributed by atoms with E-state index >= 15 is 0 Å². The Labute approximate surface area is 106 Å². The summed E-state index contributed by atoms with van der Waals surface area (Å²) in [6, 6.07) is 8.80. The quantitative estimate of drug-likeness (QED) is 0.635. The van der Waals surface area contributed by atoms with Crippen LogP contribution in [-0.2, 0) is 6.18 Å². The van der Waals surface area contributed by atoms with E-state index in [2.05, 4.69) is 5.32 Å². The molecule has 0 aliphatic rings. The molecule has 0 bridgehead atoms. The molecule has 0 fully saturated rings. The second-order valence-electron chi connectivity index (χ2n) is 3.94. The van der Waals surface area contributed by atoms with Crippen LogP contribution in [0.15, 0.2) is 42.5 Å². The summed E-state index contributed by atoms with van der Waals surface area (Å²) in [6.07, 6.45) is -4.56. The van der Waals surface area contributed by atoms with Crippen LogP contribution >= 0.6 is 0 Å². The lowest BCUT2D eigenvalue weighted by atomic mass is 10.2. The van der Waals surface area contributed by atoms with Crippen molar-refractivity contribution in [2.45, 2.75) is 6.18 Å². The van der Waals surface area contributed by atoms with Gasteiger partial charge in [0.05, 0.1) is 11.3 Å². The lowest BCUT2D eigenvalue weighted by molar-refractivity contribution is -0.137. The molecule has 19 heavy (non-hydrogen) atoms. The van der Waals surface area contributed by atoms with Crippen molar-refractivity contribution in [1.29, 1.82) is 0 Å². The van der Waals surface area contributed by atoms with E-state index in [-0.39, 0.29) is 5.69 Å². The van der Waals surface area contributed by atoms with Crippen molar-refractivity contribution in [3.8, 4) is 0 Å². The highest BCUT2D eigenvalue weighted by Crippen LogP contribution is 2.32. The van der Waals surface area contributed by atoms with Crippen LogP contribution in [0.3, 0.4) is 0 Å². The maximum atomic E-state index is 13.6. The van der Waals surface area contributed by atoms with Crippen molar-refractivity contribution in [3.05, 3.63) is 53.8 Å². The number of hydrogen-bond acceptors (Lipinski definition) is 2. The highest BCUT2D eigenvalue weighted by molar-refractivity contribution is 5.64. The fraction of sp³-hybridized carbons (Fsp3) is 0.0769. The standard InChI is InChI=1S/C13H10F4N2/c14-11-6-8(13(15,16)17)4-5-12(11)19-10-3-1-2-9(18)7-10/h1-7,19H,18H2. The molecule has 6 heteroatoms. The Balaban J connectivity index is 2.27. The van der Waals surface area contributed by atoms with Gasteiger partial charge in [0, 0.05) is 11.4 Å². The van der Waals surface area contributed by atoms with E-state index in [1.165, 1.54) is 0 Å². The molecule has 2 aromatic carbocycles. The van der Waals surface area contributed by atoms with E-state index in [4.69, 9.17) is 5.73 Å². The van der Waals surface area contributed by atoms with Crippen LogP contribution < -0.4 is 11.1 Å². The molecule has 2 rings (SSSR count). The number of nitrogens with one attached hydrogen (secondary N) is 1. The molecule has 0 amide bonds. The van der Waals surface area contributed by atoms with Gasteiger partial charge in [-0.05, 0) is 36.4 Å². The molecule has 2 nitrogen and oxygen atoms in total. The predicted molar refractivity (Wildman–Crippen MR) is 65.5 cm³/mol. The highest BCUT2D eigenvalue weighted by atomic mass is 19.4. The second kappa shape index (κ2) is 4.79. The molecule has 0 unspecified atom stereocenters. The van der Waals surface area contributed by atoms with E-state index in [1.807, 2.05) is 0 Å². The fourth-order valence-electron chi connectivity index (χ4n) is 1.56. The molecule has 0 heterocycles. The van der Waals surface area contributed by atoms with Crippen molar-refractivity contribution >= 4 is 17.1 Å². The monoisotopic (exact) mass is 270 g/mol. The maximum absolute atomic E-state index is 13.6. The van der Waals surface area contributed by atoms with E-state index in [0.29, 0.717) is 17.4 Å². The van der Waals surface area contributed by atoms with E-state index < -0.39 is 17.6 Å². The van der Waals surface area contributed by atoms with Gasteiger partial charge < -0.3 is 11.1 Å². The van der Waals surface area contributed by atoms with Gasteiger partial charge in [-0.2, -0.15) is 13.2 Å². The number of benzene rings is 2. The lowest BCUT2D eigenvalue weighted by Gasteiger charge is -2.11. The smallest absolute Gasteiger partial charge is 0.399 e. The molecule has 2 aromatic rings. The average Bonchev–Trinajstić information content (AvgIpc) is 2.30. The topological polar surface area (TPSA) is 38.0 Å². The summed E-state index contributed by atoms with van der Waals surface area (Å²) in [5.41, 5.74) is 5.45. The minimum Gasteiger partial charge on any atom is -0.399 e. The van der Waals surface area contributed by atoms with Crippen LogP contribution in [0.25, 0.3) is 0 Å². The summed E-state index contributed by atoms with van der Waals surface area (Å²) in [4.78, 5) is 0. The highest BCUT2D eigenvalue weighted by Gasteiger charge is 2.31. The summed E-state index contributed by atoms with van der Waals surface area (Å²) in [5.74, 6) is -0.975. The third kappa shape index (κ3) is 3.15. The van der Waals surface area contributed by atoms with Gasteiger partial charge in [0.2, 0.25) is 0 Å². The Hall–Kier alpha value is -2.24. The van der Waals surface area contributed by atoms with Gasteiger partial charge in [-0.15, -0.1) is 0 Å². The Bertz CT molecular complexity index is 593. The molecule has 100 valence electrons. The fourth-order valence-corrected chi connectivity index (χ4v) is 1.56. The Morgan fingerprint density at radius 1 is 1.00 bits per heavy atom. The summed E-state index contributed by atoms with van der Waals surface area (Å²) < 4.78 is 50.7. The molecule has 3 N–H and O–H groups in total. The molecular weight excluding hydrogens is 260 g/mol. The minimum absolute atomic E-state index is 0.0430. The zero-order valence-corrected chi connectivity index (χ0v) is 9.63. The first-order valence-electron chi connectivity index (χ1n) is 5.35. The van der Waals surface area contributed by atoms with Gasteiger partial charge in [-0.25, -0.2) is 4.39 Å². The number of nitrogens with two attached hydrogens (primary N) is 1. The number of nitrogen functional groups attached to an aromatic ring is 1. The van der Waals surface area contributed by atoms with Gasteiger partial charge in [-0.3, -0.25) is 0 Å². The van der Waals surface area contributed by atoms with Crippen molar-refractivity contribution in [3.63, 3.8) is 0 Å². The van der Waals surface area contributed by atoms with E-state index in [1.54, 1.807) is 24.3 Å². The molecule has 0 aliphatic carbocycles. The van der Waals surface area contributed by atoms with Gasteiger partial charge in [0.1, 0.15) is 5.82 Å². The molecular formula is C13H10F4N2. The molecule has 0 radical (unpaired) electrons. The van der Waals surface area contributed by atoms with Crippen LogP contribution in [0.1, 0.15) is 5.56 Å². The van der Waals surface area contributed by atoms with Crippen molar-refractivity contribution < 1.29 is 17.6 Å². The van der Waals surface area contributed by atoms with E-state index in [0.717, 1.165) is 12.1 Å². The number of rotatable bonds is 2. The first-order chi connectivity index (χ1) is 8.86. The van der Waals surface area contributed by atoms with E-state index in [9.17, 15) is 17.6 Å². The molecule has 0 aliphatic heterocycles. The summed E-state index contributed by atoms with van der Waals surface area (Å²) in [7, 11) is 0. The molecule has 0 saturated carbocycles. The number of halogens is 4. The Morgan fingerprint density at radius 3 is 2.32 bits per heavy atom. The Morgan fingerprint density at radius 2 is 1.74 bits per heavy atom. The van der Waals surface area contributed by atoms with Gasteiger partial charge in [0.15, 0.2) is 0 Å². The molecule has 0 spiro atoms. The van der Waals surface area contributed by atoms with Crippen LogP contribution in [0, 0.1) is 5.82 Å². The average molecular weight is 270 g/mol. The minimum atomic E-state index is -4.56. The summed E-state index contributed by atoms with van der Waals surface area (Å²) >= 11 is 0. The number of anilines is 3. The lowest BCUT2D eigenvalue weighted by Crippen LogP contribution is -2.06. The summed E-state index contributed by atoms with van der Waals surface area (Å²) in [5, 5.41) is 2.67. The SMILES string of the molecule is Nc1cccc(Nc2ccc(C(F)(F)F)cc2F)c1. The third-order valence-electron chi connectivity index (χ3n) is 2.46. The van der Waals surface area contributed by atoms with Gasteiger partial charge >= 0.3 is 6.18 Å². The molecule has 0 aromatic heterocycles. The molecule has 0 saturated heterocycles. The zero-order chi connectivity index (χ0) is 14.0. The first-order valence-corrected chi connectivity index (χ1v) is 5.35. The van der Waals surface area contributed by atoms with Crippen molar-refractivity contribution in [1.82, 2.24) is 0 Å². The molecule has 0 atom stereocenters. The van der Waals surface area contributed by atoms with Gasteiger partial charge in [0.25, 0.3) is 0 Å². The van der Waals surface area contributed by atoms with Crippen LogP contribution in [0.2, 0.25) is 0 Å². The maximum Gasteiger partial charge on any atom is 0.416 e. The van der Waals surface area contributed by atoms with Crippen molar-refractivity contribution in [2.24, 2.45) is 0 Å².